The second-order valence-electron chi connectivity index (χ2n) is 12.3. The smallest absolute Gasteiger partial charge is 0.246 e. The molecule has 6 rings (SSSR count). The molecule has 0 spiro atoms. The van der Waals surface area contributed by atoms with Crippen LogP contribution in [0.3, 0.4) is 0 Å². The third kappa shape index (κ3) is 10.5. The van der Waals surface area contributed by atoms with E-state index < -0.39 is 0 Å². The highest BCUT2D eigenvalue weighted by Crippen LogP contribution is 2.34. The van der Waals surface area contributed by atoms with E-state index >= 15 is 0 Å². The van der Waals surface area contributed by atoms with E-state index in [1.54, 1.807) is 36.5 Å². The van der Waals surface area contributed by atoms with Crippen molar-refractivity contribution in [2.45, 2.75) is 26.5 Å². The Morgan fingerprint density at radius 1 is 0.804 bits per heavy atom. The van der Waals surface area contributed by atoms with Gasteiger partial charge in [-0.3, -0.25) is 9.69 Å². The minimum Gasteiger partial charge on any atom is -0.493 e. The number of halogens is 3. The van der Waals surface area contributed by atoms with Crippen LogP contribution in [-0.2, 0) is 24.4 Å². The molecular formula is C41H38Cl3N3O4. The summed E-state index contributed by atoms with van der Waals surface area (Å²) in [6.45, 7) is 6.65. The summed E-state index contributed by atoms with van der Waals surface area (Å²) in [5.41, 5.74) is 5.00. The third-order valence-electron chi connectivity index (χ3n) is 8.51. The fraction of sp³-hybridized carbons (Fsp3) is 0.220. The molecule has 0 N–H and O–H groups in total. The molecule has 7 nitrogen and oxygen atoms in total. The number of carbonyl (C=O) groups is 1. The summed E-state index contributed by atoms with van der Waals surface area (Å²) >= 11 is 18.9. The van der Waals surface area contributed by atoms with Gasteiger partial charge in [-0.15, -0.1) is 0 Å². The highest BCUT2D eigenvalue weighted by molar-refractivity contribution is 6.32. The second kappa shape index (κ2) is 17.6. The van der Waals surface area contributed by atoms with Gasteiger partial charge in [0.15, 0.2) is 5.75 Å². The van der Waals surface area contributed by atoms with Crippen molar-refractivity contribution in [3.05, 3.63) is 152 Å². The normalized spacial score (nSPS) is 13.4. The average molecular weight is 743 g/mol. The number of piperazine rings is 1. The Labute approximate surface area is 313 Å². The molecule has 2 heterocycles. The van der Waals surface area contributed by atoms with Crippen molar-refractivity contribution in [3.8, 4) is 23.1 Å². The van der Waals surface area contributed by atoms with E-state index in [1.165, 1.54) is 11.1 Å². The van der Waals surface area contributed by atoms with Crippen LogP contribution in [0.15, 0.2) is 109 Å². The summed E-state index contributed by atoms with van der Waals surface area (Å²) in [5, 5.41) is 1.75. The monoisotopic (exact) mass is 741 g/mol. The molecule has 0 atom stereocenters. The number of pyridine rings is 1. The van der Waals surface area contributed by atoms with Gasteiger partial charge in [0.1, 0.15) is 18.1 Å². The number of aryl methyl sites for hydroxylation is 1. The first-order chi connectivity index (χ1) is 24.8. The molecule has 0 saturated carbocycles. The van der Waals surface area contributed by atoms with Crippen molar-refractivity contribution in [2.24, 2.45) is 0 Å². The molecule has 1 aliphatic heterocycles. The van der Waals surface area contributed by atoms with Crippen LogP contribution in [-0.4, -0.2) is 53.5 Å². The lowest BCUT2D eigenvalue weighted by Crippen LogP contribution is -2.47. The fourth-order valence-corrected chi connectivity index (χ4v) is 6.37. The lowest BCUT2D eigenvalue weighted by molar-refractivity contribution is -0.127. The number of amides is 1. The minimum atomic E-state index is -0.0193. The fourth-order valence-electron chi connectivity index (χ4n) is 5.69. The first kappa shape index (κ1) is 36.3. The number of ether oxygens (including phenoxy) is 3. The van der Waals surface area contributed by atoms with Crippen LogP contribution in [0.1, 0.15) is 27.8 Å². The lowest BCUT2D eigenvalue weighted by Gasteiger charge is -2.34. The number of aromatic nitrogens is 1. The maximum absolute atomic E-state index is 13.0. The van der Waals surface area contributed by atoms with Crippen LogP contribution in [0.25, 0.3) is 6.08 Å². The molecule has 1 amide bonds. The van der Waals surface area contributed by atoms with Crippen LogP contribution >= 0.6 is 34.8 Å². The van der Waals surface area contributed by atoms with E-state index in [9.17, 15) is 4.79 Å². The first-order valence-electron chi connectivity index (χ1n) is 16.7. The molecule has 4 aromatic carbocycles. The van der Waals surface area contributed by atoms with Crippen molar-refractivity contribution in [1.29, 1.82) is 0 Å². The Balaban J connectivity index is 0.937. The second-order valence-corrected chi connectivity index (χ2v) is 13.5. The Morgan fingerprint density at radius 2 is 1.59 bits per heavy atom. The Kier molecular flexibility index (Phi) is 12.5. The number of rotatable bonds is 13. The van der Waals surface area contributed by atoms with Gasteiger partial charge in [0.25, 0.3) is 0 Å². The molecule has 0 aliphatic carbocycles. The van der Waals surface area contributed by atoms with E-state index in [0.717, 1.165) is 48.5 Å². The predicted molar refractivity (Wildman–Crippen MR) is 204 cm³/mol. The Bertz CT molecular complexity index is 1940. The van der Waals surface area contributed by atoms with Crippen molar-refractivity contribution < 1.29 is 19.0 Å². The first-order valence-corrected chi connectivity index (χ1v) is 17.9. The highest BCUT2D eigenvalue weighted by atomic mass is 35.5. The number of nitrogens with zero attached hydrogens (tertiary/aromatic N) is 3. The number of carbonyl (C=O) groups excluding carboxylic acids is 1. The summed E-state index contributed by atoms with van der Waals surface area (Å²) in [7, 11) is 0. The molecule has 10 heteroatoms. The quantitative estimate of drug-likeness (QED) is 0.112. The maximum Gasteiger partial charge on any atom is 0.246 e. The molecule has 1 saturated heterocycles. The van der Waals surface area contributed by atoms with Crippen LogP contribution in [0, 0.1) is 6.92 Å². The van der Waals surface area contributed by atoms with E-state index in [0.29, 0.717) is 58.8 Å². The minimum absolute atomic E-state index is 0.0193. The Hall–Kier alpha value is -4.53. The van der Waals surface area contributed by atoms with Gasteiger partial charge < -0.3 is 19.1 Å². The standard InChI is InChI=1S/C41H38Cl3N3O4/c1-29-23-32(24-38(44)41(29)51-39-15-14-36(26-45-39)50-28-33-5-2-3-8-37(33)43)13-16-40(48)47-20-18-46(19-21-47)27-31-11-9-30(10-12-31)17-22-49-35-7-4-6-34(42)25-35/h2-16,23-26H,17-22,27-28H2,1H3. The molecule has 0 unspecified atom stereocenters. The maximum atomic E-state index is 13.0. The van der Waals surface area contributed by atoms with Crippen molar-refractivity contribution in [1.82, 2.24) is 14.8 Å². The van der Waals surface area contributed by atoms with Gasteiger partial charge >= 0.3 is 0 Å². The van der Waals surface area contributed by atoms with Gasteiger partial charge in [-0.05, 0) is 77.7 Å². The van der Waals surface area contributed by atoms with Gasteiger partial charge in [-0.2, -0.15) is 0 Å². The van der Waals surface area contributed by atoms with Crippen molar-refractivity contribution >= 4 is 46.8 Å². The van der Waals surface area contributed by atoms with E-state index in [4.69, 9.17) is 49.0 Å². The lowest BCUT2D eigenvalue weighted by atomic mass is 10.1. The summed E-state index contributed by atoms with van der Waals surface area (Å²) in [6.07, 6.45) is 5.82. The Morgan fingerprint density at radius 3 is 2.31 bits per heavy atom. The molecule has 51 heavy (non-hydrogen) atoms. The molecule has 1 aliphatic rings. The van der Waals surface area contributed by atoms with Crippen molar-refractivity contribution in [2.75, 3.05) is 32.8 Å². The summed E-state index contributed by atoms with van der Waals surface area (Å²) in [6, 6.07) is 30.9. The van der Waals surface area contributed by atoms with E-state index in [2.05, 4.69) is 34.1 Å². The van der Waals surface area contributed by atoms with Gasteiger partial charge in [0, 0.05) is 66.9 Å². The molecule has 0 radical (unpaired) electrons. The largest absolute Gasteiger partial charge is 0.493 e. The van der Waals surface area contributed by atoms with Gasteiger partial charge in [-0.1, -0.05) is 83.3 Å². The highest BCUT2D eigenvalue weighted by Gasteiger charge is 2.20. The van der Waals surface area contributed by atoms with Gasteiger partial charge in [-0.25, -0.2) is 4.98 Å². The summed E-state index contributed by atoms with van der Waals surface area (Å²) in [4.78, 5) is 21.7. The van der Waals surface area contributed by atoms with Crippen LogP contribution < -0.4 is 14.2 Å². The number of hydrogen-bond acceptors (Lipinski definition) is 6. The zero-order chi connectivity index (χ0) is 35.6. The molecular weight excluding hydrogens is 705 g/mol. The van der Waals surface area contributed by atoms with Crippen LogP contribution in [0.5, 0.6) is 23.1 Å². The van der Waals surface area contributed by atoms with Crippen LogP contribution in [0.2, 0.25) is 15.1 Å². The zero-order valence-electron chi connectivity index (χ0n) is 28.2. The van der Waals surface area contributed by atoms with Crippen molar-refractivity contribution in [3.63, 3.8) is 0 Å². The van der Waals surface area contributed by atoms with E-state index in [1.807, 2.05) is 66.4 Å². The topological polar surface area (TPSA) is 64.1 Å². The molecule has 5 aromatic rings. The number of hydrogen-bond donors (Lipinski definition) is 0. The van der Waals surface area contributed by atoms with Crippen LogP contribution in [0.4, 0.5) is 0 Å². The third-order valence-corrected chi connectivity index (χ3v) is 9.39. The molecule has 1 fully saturated rings. The van der Waals surface area contributed by atoms with Gasteiger partial charge in [0.2, 0.25) is 11.8 Å². The predicted octanol–water partition coefficient (Wildman–Crippen LogP) is 9.70. The molecule has 0 bridgehead atoms. The summed E-state index contributed by atoms with van der Waals surface area (Å²) in [5.74, 6) is 2.24. The zero-order valence-corrected chi connectivity index (χ0v) is 30.5. The summed E-state index contributed by atoms with van der Waals surface area (Å²) < 4.78 is 17.6. The SMILES string of the molecule is Cc1cc(C=CC(=O)N2CCN(Cc3ccc(CCOc4cccc(Cl)c4)cc3)CC2)cc(Cl)c1Oc1ccc(OCc2ccccc2Cl)cn1. The van der Waals surface area contributed by atoms with E-state index in [-0.39, 0.29) is 5.91 Å². The number of benzene rings is 4. The molecule has 262 valence electrons. The van der Waals surface area contributed by atoms with Gasteiger partial charge in [0.05, 0.1) is 17.8 Å². The average Bonchev–Trinajstić information content (AvgIpc) is 3.13. The molecule has 1 aromatic heterocycles.